The molecule has 0 bridgehead atoms. The van der Waals surface area contributed by atoms with Crippen LogP contribution in [0.1, 0.15) is 25.0 Å². The molecule has 0 saturated carbocycles. The lowest BCUT2D eigenvalue weighted by Crippen LogP contribution is -2.85. The molecule has 5 nitrogen and oxygen atoms in total. The van der Waals surface area contributed by atoms with Crippen molar-refractivity contribution in [3.8, 4) is 23.0 Å². The Morgan fingerprint density at radius 2 is 1.96 bits per heavy atom. The molecule has 26 heavy (non-hydrogen) atoms. The molecule has 2 N–H and O–H groups in total. The quantitative estimate of drug-likeness (QED) is 0.863. The molecule has 2 aliphatic heterocycles. The van der Waals surface area contributed by atoms with E-state index in [0.29, 0.717) is 13.2 Å². The highest BCUT2D eigenvalue weighted by molar-refractivity contribution is 5.48. The lowest BCUT2D eigenvalue weighted by molar-refractivity contribution is -0.676. The predicted molar refractivity (Wildman–Crippen MR) is 98.3 cm³/mol. The Balaban J connectivity index is 1.38. The van der Waals surface area contributed by atoms with E-state index < -0.39 is 0 Å². The topological polar surface area (TPSA) is 53.5 Å². The minimum absolute atomic E-state index is 0.0474. The Morgan fingerprint density at radius 3 is 2.81 bits per heavy atom. The fourth-order valence-electron chi connectivity index (χ4n) is 3.53. The summed E-state index contributed by atoms with van der Waals surface area (Å²) in [5.41, 5.74) is 2.40. The third kappa shape index (κ3) is 3.58. The summed E-state index contributed by atoms with van der Waals surface area (Å²) < 4.78 is 23.6. The summed E-state index contributed by atoms with van der Waals surface area (Å²) in [4.78, 5) is 0. The highest BCUT2D eigenvalue weighted by Gasteiger charge is 2.24. The van der Waals surface area contributed by atoms with Crippen molar-refractivity contribution in [2.24, 2.45) is 0 Å². The molecule has 2 atom stereocenters. The molecule has 2 heterocycles. The van der Waals surface area contributed by atoms with Crippen LogP contribution in [-0.4, -0.2) is 32.0 Å². The molecule has 0 fully saturated rings. The van der Waals surface area contributed by atoms with Gasteiger partial charge in [-0.15, -0.1) is 0 Å². The summed E-state index contributed by atoms with van der Waals surface area (Å²) in [6.07, 6.45) is 1.24. The van der Waals surface area contributed by atoms with Crippen LogP contribution in [0.2, 0.25) is 0 Å². The first-order valence-corrected chi connectivity index (χ1v) is 9.38. The lowest BCUT2D eigenvalue weighted by atomic mass is 10.1. The number of hydrogen-bond donors (Lipinski definition) is 1. The van der Waals surface area contributed by atoms with Gasteiger partial charge in [-0.2, -0.15) is 0 Å². The van der Waals surface area contributed by atoms with Crippen LogP contribution in [0.3, 0.4) is 0 Å². The Morgan fingerprint density at radius 1 is 1.12 bits per heavy atom. The zero-order valence-corrected chi connectivity index (χ0v) is 15.4. The van der Waals surface area contributed by atoms with Crippen LogP contribution in [0, 0.1) is 0 Å². The van der Waals surface area contributed by atoms with Crippen LogP contribution in [-0.2, 0) is 13.0 Å². The maximum atomic E-state index is 6.02. The summed E-state index contributed by atoms with van der Waals surface area (Å²) in [7, 11) is 0. The smallest absolute Gasteiger partial charge is 0.181 e. The van der Waals surface area contributed by atoms with Crippen LogP contribution in [0.4, 0.5) is 0 Å². The van der Waals surface area contributed by atoms with E-state index in [0.717, 1.165) is 48.1 Å². The minimum atomic E-state index is 0.0474. The van der Waals surface area contributed by atoms with Crippen LogP contribution < -0.4 is 24.3 Å². The van der Waals surface area contributed by atoms with Crippen LogP contribution in [0.5, 0.6) is 23.0 Å². The molecule has 0 unspecified atom stereocenters. The molecule has 0 aromatic heterocycles. The van der Waals surface area contributed by atoms with Gasteiger partial charge in [0.15, 0.2) is 17.6 Å². The standard InChI is InChI=1S/C21H25NO4/c1-3-23-20-9-15-8-14(2)25-21(15)10-16(20)11-22-12-17-13-24-18-6-4-5-7-19(18)26-17/h4-7,9-10,14,17,22H,3,8,11-13H2,1-2H3/p+1/t14-,17+/m0/s1. The minimum Gasteiger partial charge on any atom is -0.493 e. The van der Waals surface area contributed by atoms with Crippen LogP contribution >= 0.6 is 0 Å². The molecule has 0 saturated heterocycles. The molecule has 0 spiro atoms. The molecule has 0 amide bonds. The van der Waals surface area contributed by atoms with Gasteiger partial charge < -0.3 is 24.3 Å². The van der Waals surface area contributed by atoms with E-state index in [4.69, 9.17) is 18.9 Å². The normalized spacial score (nSPS) is 20.4. The number of rotatable bonds is 6. The average Bonchev–Trinajstić information content (AvgIpc) is 3.01. The van der Waals surface area contributed by atoms with E-state index in [2.05, 4.69) is 24.4 Å². The van der Waals surface area contributed by atoms with Crippen molar-refractivity contribution in [1.29, 1.82) is 0 Å². The molecule has 0 aliphatic carbocycles. The van der Waals surface area contributed by atoms with E-state index in [9.17, 15) is 0 Å². The SMILES string of the molecule is CCOc1cc2c(cc1C[NH2+]C[C@@H]1COc3ccccc3O1)O[C@@H](C)C2. The van der Waals surface area contributed by atoms with E-state index in [1.54, 1.807) is 0 Å². The van der Waals surface area contributed by atoms with Gasteiger partial charge in [0, 0.05) is 12.0 Å². The van der Waals surface area contributed by atoms with Gasteiger partial charge in [0.2, 0.25) is 0 Å². The Kier molecular flexibility index (Phi) is 4.89. The van der Waals surface area contributed by atoms with Gasteiger partial charge in [-0.3, -0.25) is 0 Å². The van der Waals surface area contributed by atoms with E-state index in [1.807, 2.05) is 31.2 Å². The number of para-hydroxylation sites is 2. The third-order valence-corrected chi connectivity index (χ3v) is 4.74. The molecule has 138 valence electrons. The van der Waals surface area contributed by atoms with Crippen molar-refractivity contribution in [2.75, 3.05) is 19.8 Å². The first-order valence-electron chi connectivity index (χ1n) is 9.38. The zero-order valence-electron chi connectivity index (χ0n) is 15.4. The number of ether oxygens (including phenoxy) is 4. The second kappa shape index (κ2) is 7.46. The van der Waals surface area contributed by atoms with Gasteiger partial charge >= 0.3 is 0 Å². The number of benzene rings is 2. The Hall–Kier alpha value is -2.40. The van der Waals surface area contributed by atoms with Gasteiger partial charge in [0.25, 0.3) is 0 Å². The molecular formula is C21H26NO4+. The fourth-order valence-corrected chi connectivity index (χ4v) is 3.53. The molecule has 2 aliphatic rings. The van der Waals surface area contributed by atoms with Crippen molar-refractivity contribution in [3.63, 3.8) is 0 Å². The number of hydrogen-bond acceptors (Lipinski definition) is 4. The second-order valence-electron chi connectivity index (χ2n) is 6.86. The van der Waals surface area contributed by atoms with Crippen LogP contribution in [0.25, 0.3) is 0 Å². The number of fused-ring (bicyclic) bond motifs is 2. The largest absolute Gasteiger partial charge is 0.493 e. The number of nitrogens with two attached hydrogens (primary N) is 1. The molecule has 2 aromatic rings. The monoisotopic (exact) mass is 356 g/mol. The molecular weight excluding hydrogens is 330 g/mol. The maximum Gasteiger partial charge on any atom is 0.181 e. The maximum absolute atomic E-state index is 6.02. The van der Waals surface area contributed by atoms with Crippen LogP contribution in [0.15, 0.2) is 36.4 Å². The highest BCUT2D eigenvalue weighted by atomic mass is 16.6. The van der Waals surface area contributed by atoms with Crippen molar-refractivity contribution in [3.05, 3.63) is 47.5 Å². The second-order valence-corrected chi connectivity index (χ2v) is 6.86. The van der Waals surface area contributed by atoms with Crippen molar-refractivity contribution in [1.82, 2.24) is 0 Å². The average molecular weight is 356 g/mol. The lowest BCUT2D eigenvalue weighted by Gasteiger charge is -2.25. The fraction of sp³-hybridized carbons (Fsp3) is 0.429. The zero-order chi connectivity index (χ0) is 17.9. The third-order valence-electron chi connectivity index (χ3n) is 4.74. The molecule has 2 aromatic carbocycles. The first kappa shape index (κ1) is 17.0. The summed E-state index contributed by atoms with van der Waals surface area (Å²) in [5, 5.41) is 2.24. The summed E-state index contributed by atoms with van der Waals surface area (Å²) in [6.45, 7) is 7.01. The molecule has 5 heteroatoms. The van der Waals surface area contributed by atoms with E-state index in [1.165, 1.54) is 5.56 Å². The highest BCUT2D eigenvalue weighted by Crippen LogP contribution is 2.35. The van der Waals surface area contributed by atoms with Crippen molar-refractivity contribution >= 4 is 0 Å². The van der Waals surface area contributed by atoms with Gasteiger partial charge in [-0.1, -0.05) is 12.1 Å². The number of quaternary nitrogens is 1. The van der Waals surface area contributed by atoms with Gasteiger partial charge in [0.05, 0.1) is 12.2 Å². The predicted octanol–water partition coefficient (Wildman–Crippen LogP) is 2.31. The molecule has 0 radical (unpaired) electrons. The Labute approximate surface area is 154 Å². The van der Waals surface area contributed by atoms with Crippen molar-refractivity contribution in [2.45, 2.75) is 39.0 Å². The van der Waals surface area contributed by atoms with Gasteiger partial charge in [0.1, 0.15) is 37.3 Å². The molecule has 4 rings (SSSR count). The van der Waals surface area contributed by atoms with E-state index in [-0.39, 0.29) is 12.2 Å². The summed E-state index contributed by atoms with van der Waals surface area (Å²) in [6, 6.07) is 12.1. The summed E-state index contributed by atoms with van der Waals surface area (Å²) >= 11 is 0. The Bertz CT molecular complexity index is 777. The summed E-state index contributed by atoms with van der Waals surface area (Å²) in [5.74, 6) is 3.61. The van der Waals surface area contributed by atoms with E-state index >= 15 is 0 Å². The first-order chi connectivity index (χ1) is 12.7. The van der Waals surface area contributed by atoms with Gasteiger partial charge in [-0.05, 0) is 38.1 Å². The van der Waals surface area contributed by atoms with Crippen molar-refractivity contribution < 1.29 is 24.3 Å². The van der Waals surface area contributed by atoms with Gasteiger partial charge in [-0.25, -0.2) is 0 Å².